The largest absolute Gasteiger partial charge is 0.497 e. The first-order valence-corrected chi connectivity index (χ1v) is 8.05. The fourth-order valence-electron chi connectivity index (χ4n) is 2.34. The molecule has 0 radical (unpaired) electrons. The molecule has 2 N–H and O–H groups in total. The minimum absolute atomic E-state index is 0.0493. The van der Waals surface area contributed by atoms with E-state index in [0.29, 0.717) is 6.54 Å². The van der Waals surface area contributed by atoms with Gasteiger partial charge in [-0.15, -0.1) is 0 Å². The Hall–Kier alpha value is -2.82. The maximum atomic E-state index is 11.9. The number of aliphatic carboxylic acids is 1. The number of carboxylic acid groups (broad SMARTS) is 1. The van der Waals surface area contributed by atoms with Crippen LogP contribution in [0.1, 0.15) is 25.8 Å². The molecule has 0 atom stereocenters. The van der Waals surface area contributed by atoms with Gasteiger partial charge in [-0.25, -0.2) is 0 Å². The molecule has 5 heteroatoms. The molecule has 0 bridgehead atoms. The number of carbonyl (C=O) groups is 2. The minimum atomic E-state index is -1.07. The van der Waals surface area contributed by atoms with E-state index in [1.165, 1.54) is 0 Å². The molecule has 1 amide bonds. The zero-order valence-corrected chi connectivity index (χ0v) is 14.7. The molecule has 2 rings (SSSR count). The SMILES string of the molecule is COc1ccc(-c2ccc(CNC(=O)CC(C)(C)C(=O)O)cc2)cc1. The third-order valence-electron chi connectivity index (χ3n) is 4.05. The highest BCUT2D eigenvalue weighted by atomic mass is 16.5. The van der Waals surface area contributed by atoms with Crippen molar-refractivity contribution < 1.29 is 19.4 Å². The highest BCUT2D eigenvalue weighted by Gasteiger charge is 2.29. The van der Waals surface area contributed by atoms with Gasteiger partial charge in [0.2, 0.25) is 5.91 Å². The van der Waals surface area contributed by atoms with E-state index in [1.54, 1.807) is 21.0 Å². The second-order valence-corrected chi connectivity index (χ2v) is 6.57. The predicted octanol–water partition coefficient (Wildman–Crippen LogP) is 3.48. The van der Waals surface area contributed by atoms with Gasteiger partial charge in [-0.3, -0.25) is 9.59 Å². The lowest BCUT2D eigenvalue weighted by Gasteiger charge is -2.18. The number of nitrogens with one attached hydrogen (secondary N) is 1. The fraction of sp³-hybridized carbons (Fsp3) is 0.300. The van der Waals surface area contributed by atoms with Gasteiger partial charge in [0.1, 0.15) is 5.75 Å². The van der Waals surface area contributed by atoms with E-state index >= 15 is 0 Å². The monoisotopic (exact) mass is 341 g/mol. The molecule has 0 aromatic heterocycles. The zero-order chi connectivity index (χ0) is 18.4. The average Bonchev–Trinajstić information content (AvgIpc) is 2.60. The molecule has 0 saturated carbocycles. The molecule has 5 nitrogen and oxygen atoms in total. The highest BCUT2D eigenvalue weighted by Crippen LogP contribution is 2.23. The first-order chi connectivity index (χ1) is 11.8. The van der Waals surface area contributed by atoms with Crippen molar-refractivity contribution in [3.8, 4) is 16.9 Å². The summed E-state index contributed by atoms with van der Waals surface area (Å²) >= 11 is 0. The minimum Gasteiger partial charge on any atom is -0.497 e. The lowest BCUT2D eigenvalue weighted by Crippen LogP contribution is -2.33. The van der Waals surface area contributed by atoms with Gasteiger partial charge >= 0.3 is 5.97 Å². The number of benzene rings is 2. The third kappa shape index (κ3) is 5.08. The topological polar surface area (TPSA) is 75.6 Å². The number of carboxylic acids is 1. The van der Waals surface area contributed by atoms with Gasteiger partial charge in [0.15, 0.2) is 0 Å². The Bertz CT molecular complexity index is 733. The summed E-state index contributed by atoms with van der Waals surface area (Å²) < 4.78 is 5.15. The Morgan fingerprint density at radius 1 is 1.00 bits per heavy atom. The van der Waals surface area contributed by atoms with E-state index in [1.807, 2.05) is 48.5 Å². The molecule has 0 heterocycles. The van der Waals surface area contributed by atoms with Gasteiger partial charge in [-0.2, -0.15) is 0 Å². The van der Waals surface area contributed by atoms with Crippen LogP contribution in [0.4, 0.5) is 0 Å². The lowest BCUT2D eigenvalue weighted by atomic mass is 9.89. The second-order valence-electron chi connectivity index (χ2n) is 6.57. The van der Waals surface area contributed by atoms with Crippen LogP contribution in [0.2, 0.25) is 0 Å². The molecule has 0 aliphatic heterocycles. The van der Waals surface area contributed by atoms with Gasteiger partial charge < -0.3 is 15.2 Å². The lowest BCUT2D eigenvalue weighted by molar-refractivity contribution is -0.149. The first kappa shape index (κ1) is 18.5. The van der Waals surface area contributed by atoms with Gasteiger partial charge in [-0.05, 0) is 42.7 Å². The third-order valence-corrected chi connectivity index (χ3v) is 4.05. The summed E-state index contributed by atoms with van der Waals surface area (Å²) in [4.78, 5) is 23.0. The van der Waals surface area contributed by atoms with E-state index in [9.17, 15) is 9.59 Å². The Morgan fingerprint density at radius 2 is 1.52 bits per heavy atom. The van der Waals surface area contributed by atoms with Crippen molar-refractivity contribution in [2.24, 2.45) is 5.41 Å². The summed E-state index contributed by atoms with van der Waals surface area (Å²) in [6.45, 7) is 3.45. The Labute approximate surface area is 147 Å². The van der Waals surface area contributed by atoms with Crippen LogP contribution in [-0.2, 0) is 16.1 Å². The Balaban J connectivity index is 1.94. The fourth-order valence-corrected chi connectivity index (χ4v) is 2.34. The van der Waals surface area contributed by atoms with Crippen molar-refractivity contribution in [2.75, 3.05) is 7.11 Å². The van der Waals surface area contributed by atoms with E-state index in [0.717, 1.165) is 22.4 Å². The summed E-state index contributed by atoms with van der Waals surface area (Å²) in [6, 6.07) is 15.7. The standard InChI is InChI=1S/C20H23NO4/c1-20(2,19(23)24)12-18(22)21-13-14-4-6-15(7-5-14)16-8-10-17(25-3)11-9-16/h4-11H,12-13H2,1-3H3,(H,21,22)(H,23,24). The summed E-state index contributed by atoms with van der Waals surface area (Å²) in [6.07, 6.45) is -0.0493. The van der Waals surface area contributed by atoms with Crippen molar-refractivity contribution in [3.05, 3.63) is 54.1 Å². The molecule has 2 aromatic rings. The predicted molar refractivity (Wildman–Crippen MR) is 96.3 cm³/mol. The highest BCUT2D eigenvalue weighted by molar-refractivity contribution is 5.84. The summed E-state index contributed by atoms with van der Waals surface area (Å²) in [5, 5.41) is 11.8. The Morgan fingerprint density at radius 3 is 2.00 bits per heavy atom. The number of hydrogen-bond acceptors (Lipinski definition) is 3. The van der Waals surface area contributed by atoms with Crippen LogP contribution in [0.5, 0.6) is 5.75 Å². The van der Waals surface area contributed by atoms with E-state index in [4.69, 9.17) is 9.84 Å². The van der Waals surface area contributed by atoms with Gasteiger partial charge in [0.05, 0.1) is 12.5 Å². The van der Waals surface area contributed by atoms with Crippen LogP contribution in [-0.4, -0.2) is 24.1 Å². The molecular weight excluding hydrogens is 318 g/mol. The molecule has 0 aliphatic rings. The van der Waals surface area contributed by atoms with E-state index in [2.05, 4.69) is 5.32 Å². The molecule has 0 aliphatic carbocycles. The summed E-state index contributed by atoms with van der Waals surface area (Å²) in [5.41, 5.74) is 2.05. The quantitative estimate of drug-likeness (QED) is 0.808. The number of hydrogen-bond donors (Lipinski definition) is 2. The van der Waals surface area contributed by atoms with Crippen molar-refractivity contribution in [1.82, 2.24) is 5.32 Å². The summed E-state index contributed by atoms with van der Waals surface area (Å²) in [5.74, 6) is -0.439. The molecule has 2 aromatic carbocycles. The van der Waals surface area contributed by atoms with E-state index in [-0.39, 0.29) is 12.3 Å². The van der Waals surface area contributed by atoms with Crippen LogP contribution in [0, 0.1) is 5.41 Å². The molecule has 0 fully saturated rings. The maximum absolute atomic E-state index is 11.9. The number of rotatable bonds is 7. The van der Waals surface area contributed by atoms with Gasteiger partial charge in [0.25, 0.3) is 0 Å². The average molecular weight is 341 g/mol. The molecule has 0 spiro atoms. The Kier molecular flexibility index (Phi) is 5.80. The van der Waals surface area contributed by atoms with Crippen molar-refractivity contribution in [2.45, 2.75) is 26.8 Å². The van der Waals surface area contributed by atoms with Crippen molar-refractivity contribution >= 4 is 11.9 Å². The van der Waals surface area contributed by atoms with Crippen LogP contribution in [0.25, 0.3) is 11.1 Å². The van der Waals surface area contributed by atoms with Crippen molar-refractivity contribution in [1.29, 1.82) is 0 Å². The van der Waals surface area contributed by atoms with Crippen LogP contribution in [0.3, 0.4) is 0 Å². The molecule has 0 saturated heterocycles. The van der Waals surface area contributed by atoms with Crippen molar-refractivity contribution in [3.63, 3.8) is 0 Å². The first-order valence-electron chi connectivity index (χ1n) is 8.05. The summed E-state index contributed by atoms with van der Waals surface area (Å²) in [7, 11) is 1.63. The number of carbonyl (C=O) groups excluding carboxylic acids is 1. The van der Waals surface area contributed by atoms with E-state index < -0.39 is 11.4 Å². The molecule has 25 heavy (non-hydrogen) atoms. The number of amides is 1. The smallest absolute Gasteiger partial charge is 0.309 e. The van der Waals surface area contributed by atoms with Crippen LogP contribution in [0.15, 0.2) is 48.5 Å². The second kappa shape index (κ2) is 7.83. The van der Waals surface area contributed by atoms with Gasteiger partial charge in [-0.1, -0.05) is 36.4 Å². The number of methoxy groups -OCH3 is 1. The zero-order valence-electron chi connectivity index (χ0n) is 14.7. The van der Waals surface area contributed by atoms with Gasteiger partial charge in [0, 0.05) is 13.0 Å². The van der Waals surface area contributed by atoms with Crippen LogP contribution < -0.4 is 10.1 Å². The molecular formula is C20H23NO4. The molecule has 132 valence electrons. The molecule has 0 unspecified atom stereocenters. The number of ether oxygens (including phenoxy) is 1. The maximum Gasteiger partial charge on any atom is 0.309 e. The van der Waals surface area contributed by atoms with Crippen LogP contribution >= 0.6 is 0 Å². The normalized spacial score (nSPS) is 11.0.